The van der Waals surface area contributed by atoms with Gasteiger partial charge >= 0.3 is 0 Å². The summed E-state index contributed by atoms with van der Waals surface area (Å²) in [6.45, 7) is 8.98. The van der Waals surface area contributed by atoms with E-state index < -0.39 is 11.5 Å². The highest BCUT2D eigenvalue weighted by molar-refractivity contribution is 6.04. The minimum Gasteiger partial charge on any atom is -0.382 e. The normalized spacial score (nSPS) is 13.8. The van der Waals surface area contributed by atoms with E-state index in [0.717, 1.165) is 46.4 Å². The van der Waals surface area contributed by atoms with Gasteiger partial charge in [0.25, 0.3) is 11.5 Å². The Morgan fingerprint density at radius 3 is 2.44 bits per heavy atom. The summed E-state index contributed by atoms with van der Waals surface area (Å²) < 4.78 is 3.37. The van der Waals surface area contributed by atoms with Crippen LogP contribution in [0.2, 0.25) is 0 Å². The zero-order valence-electron chi connectivity index (χ0n) is 25.8. The molecule has 0 bridgehead atoms. The summed E-state index contributed by atoms with van der Waals surface area (Å²) in [6.07, 6.45) is 6.36. The van der Waals surface area contributed by atoms with E-state index in [1.165, 1.54) is 10.9 Å². The molecule has 45 heavy (non-hydrogen) atoms. The van der Waals surface area contributed by atoms with Crippen molar-refractivity contribution in [3.63, 3.8) is 0 Å². The molecule has 1 aliphatic rings. The van der Waals surface area contributed by atoms with E-state index >= 15 is 0 Å². The number of benzene rings is 1. The third kappa shape index (κ3) is 5.57. The van der Waals surface area contributed by atoms with Crippen LogP contribution < -0.4 is 16.6 Å². The average molecular weight is 605 g/mol. The van der Waals surface area contributed by atoms with E-state index in [9.17, 15) is 14.4 Å². The maximum Gasteiger partial charge on any atom is 0.268 e. The SMILES string of the molecule is Cc1cc(C(=O)Nc2ccc(-c3cc(C4CCN(C(=O)C(C)C)CC4)n4ncnc(N)c34)cc2)c(=O)n(-c2cccnc2)c1C. The molecular formula is C34H36N8O3. The van der Waals surface area contributed by atoms with Gasteiger partial charge in [0, 0.05) is 53.8 Å². The van der Waals surface area contributed by atoms with Crippen LogP contribution >= 0.6 is 0 Å². The lowest BCUT2D eigenvalue weighted by atomic mass is 9.92. The van der Waals surface area contributed by atoms with Gasteiger partial charge < -0.3 is 16.0 Å². The fourth-order valence-corrected chi connectivity index (χ4v) is 6.09. The standard InChI is InChI=1S/C34H36N8O3/c1-20(2)33(44)40-14-11-24(12-15-40)29-17-27(30-31(35)37-19-38-42(29)30)23-7-9-25(10-8-23)39-32(43)28-16-21(3)22(4)41(34(28)45)26-6-5-13-36-18-26/h5-10,13,16-20,24H,11-12,14-15H2,1-4H3,(H,39,43)(H2,35,37,38). The number of amides is 2. The van der Waals surface area contributed by atoms with Crippen LogP contribution in [-0.4, -0.2) is 54.0 Å². The average Bonchev–Trinajstić information content (AvgIpc) is 3.44. The van der Waals surface area contributed by atoms with Gasteiger partial charge in [-0.05, 0) is 74.2 Å². The van der Waals surface area contributed by atoms with E-state index in [4.69, 9.17) is 5.73 Å². The zero-order chi connectivity index (χ0) is 31.8. The molecule has 0 unspecified atom stereocenters. The highest BCUT2D eigenvalue weighted by atomic mass is 16.2. The van der Waals surface area contributed by atoms with Crippen LogP contribution in [0, 0.1) is 19.8 Å². The molecule has 6 rings (SSSR count). The third-order valence-electron chi connectivity index (χ3n) is 8.63. The van der Waals surface area contributed by atoms with Gasteiger partial charge in [-0.25, -0.2) is 9.50 Å². The van der Waals surface area contributed by atoms with Crippen molar-refractivity contribution in [3.05, 3.63) is 100 Å². The van der Waals surface area contributed by atoms with E-state index in [1.807, 2.05) is 49.2 Å². The van der Waals surface area contributed by atoms with Crippen molar-refractivity contribution < 1.29 is 9.59 Å². The number of fused-ring (bicyclic) bond motifs is 1. The first-order valence-electron chi connectivity index (χ1n) is 15.1. The number of anilines is 2. The fraction of sp³-hybridized carbons (Fsp3) is 0.294. The maximum absolute atomic E-state index is 13.4. The van der Waals surface area contributed by atoms with Crippen LogP contribution in [0.25, 0.3) is 22.3 Å². The first kappa shape index (κ1) is 29.7. The molecule has 11 heteroatoms. The van der Waals surface area contributed by atoms with E-state index in [2.05, 4.69) is 26.4 Å². The van der Waals surface area contributed by atoms with Crippen LogP contribution in [0.3, 0.4) is 0 Å². The van der Waals surface area contributed by atoms with Gasteiger partial charge in [0.2, 0.25) is 5.91 Å². The van der Waals surface area contributed by atoms with E-state index in [0.29, 0.717) is 30.3 Å². The Balaban J connectivity index is 1.26. The predicted octanol–water partition coefficient (Wildman–Crippen LogP) is 4.76. The molecule has 5 aromatic rings. The lowest BCUT2D eigenvalue weighted by molar-refractivity contribution is -0.135. The Morgan fingerprint density at radius 2 is 1.78 bits per heavy atom. The largest absolute Gasteiger partial charge is 0.382 e. The molecule has 1 aromatic carbocycles. The number of aromatic nitrogens is 5. The topological polar surface area (TPSA) is 141 Å². The highest BCUT2D eigenvalue weighted by Gasteiger charge is 2.28. The molecule has 1 aliphatic heterocycles. The Hall–Kier alpha value is -5.32. The maximum atomic E-state index is 13.4. The summed E-state index contributed by atoms with van der Waals surface area (Å²) in [5.41, 5.74) is 12.2. The Bertz CT molecular complexity index is 1950. The number of aryl methyl sites for hydroxylation is 1. The third-order valence-corrected chi connectivity index (χ3v) is 8.63. The summed E-state index contributed by atoms with van der Waals surface area (Å²) >= 11 is 0. The molecule has 1 fully saturated rings. The van der Waals surface area contributed by atoms with Crippen LogP contribution in [0.4, 0.5) is 11.5 Å². The Morgan fingerprint density at radius 1 is 1.04 bits per heavy atom. The van der Waals surface area contributed by atoms with Gasteiger partial charge in [0.15, 0.2) is 5.82 Å². The molecule has 230 valence electrons. The molecule has 5 heterocycles. The fourth-order valence-electron chi connectivity index (χ4n) is 6.09. The van der Waals surface area contributed by atoms with Gasteiger partial charge in [0.05, 0.1) is 11.9 Å². The van der Waals surface area contributed by atoms with E-state index in [1.54, 1.807) is 42.7 Å². The first-order valence-corrected chi connectivity index (χ1v) is 15.1. The number of nitrogens with one attached hydrogen (secondary N) is 1. The first-order chi connectivity index (χ1) is 21.6. The number of likely N-dealkylation sites (tertiary alicyclic amines) is 1. The molecule has 0 aliphatic carbocycles. The zero-order valence-corrected chi connectivity index (χ0v) is 25.8. The van der Waals surface area contributed by atoms with Crippen molar-refractivity contribution >= 4 is 28.8 Å². The summed E-state index contributed by atoms with van der Waals surface area (Å²) in [7, 11) is 0. The highest BCUT2D eigenvalue weighted by Crippen LogP contribution is 2.37. The molecule has 0 saturated carbocycles. The molecule has 0 radical (unpaired) electrons. The predicted molar refractivity (Wildman–Crippen MR) is 173 cm³/mol. The van der Waals surface area contributed by atoms with Crippen molar-refractivity contribution in [2.75, 3.05) is 24.1 Å². The molecule has 0 spiro atoms. The number of pyridine rings is 2. The molecule has 1 saturated heterocycles. The quantitative estimate of drug-likeness (QED) is 0.285. The van der Waals surface area contributed by atoms with Crippen molar-refractivity contribution in [2.45, 2.75) is 46.5 Å². The van der Waals surface area contributed by atoms with Crippen molar-refractivity contribution in [1.82, 2.24) is 29.0 Å². The molecular weight excluding hydrogens is 568 g/mol. The van der Waals surface area contributed by atoms with Crippen LogP contribution in [0.15, 0.2) is 72.0 Å². The molecule has 11 nitrogen and oxygen atoms in total. The molecule has 0 atom stereocenters. The molecule has 4 aromatic heterocycles. The Labute approximate surface area is 260 Å². The number of piperidine rings is 1. The summed E-state index contributed by atoms with van der Waals surface area (Å²) in [6, 6.07) is 14.7. The smallest absolute Gasteiger partial charge is 0.268 e. The number of carbonyl (C=O) groups is 2. The molecule has 2 amide bonds. The van der Waals surface area contributed by atoms with Crippen LogP contribution in [-0.2, 0) is 4.79 Å². The monoisotopic (exact) mass is 604 g/mol. The van der Waals surface area contributed by atoms with Crippen molar-refractivity contribution in [2.24, 2.45) is 5.92 Å². The number of nitrogens with zero attached hydrogens (tertiary/aromatic N) is 6. The van der Waals surface area contributed by atoms with Gasteiger partial charge in [-0.1, -0.05) is 26.0 Å². The lowest BCUT2D eigenvalue weighted by Gasteiger charge is -2.33. The van der Waals surface area contributed by atoms with E-state index in [-0.39, 0.29) is 23.3 Å². The number of rotatable bonds is 6. The number of nitrogens with two attached hydrogens (primary N) is 1. The van der Waals surface area contributed by atoms with Crippen LogP contribution in [0.5, 0.6) is 0 Å². The minimum atomic E-state index is -0.495. The lowest BCUT2D eigenvalue weighted by Crippen LogP contribution is -2.40. The number of carbonyl (C=O) groups excluding carboxylic acids is 2. The summed E-state index contributed by atoms with van der Waals surface area (Å²) in [4.78, 5) is 49.6. The second-order valence-electron chi connectivity index (χ2n) is 11.9. The van der Waals surface area contributed by atoms with Gasteiger partial charge in [-0.15, -0.1) is 0 Å². The van der Waals surface area contributed by atoms with Gasteiger partial charge in [0.1, 0.15) is 17.4 Å². The number of hydrogen-bond acceptors (Lipinski definition) is 7. The van der Waals surface area contributed by atoms with Crippen molar-refractivity contribution in [1.29, 1.82) is 0 Å². The van der Waals surface area contributed by atoms with Gasteiger partial charge in [-0.2, -0.15) is 5.10 Å². The second-order valence-corrected chi connectivity index (χ2v) is 11.9. The van der Waals surface area contributed by atoms with Gasteiger partial charge in [-0.3, -0.25) is 23.9 Å². The minimum absolute atomic E-state index is 0.0193. The molecule has 3 N–H and O–H groups in total. The summed E-state index contributed by atoms with van der Waals surface area (Å²) in [5, 5.41) is 7.41. The number of hydrogen-bond donors (Lipinski definition) is 2. The number of nitrogen functional groups attached to an aromatic ring is 1. The van der Waals surface area contributed by atoms with Crippen LogP contribution in [0.1, 0.15) is 59.9 Å². The van der Waals surface area contributed by atoms with Crippen molar-refractivity contribution in [3.8, 4) is 16.8 Å². The second kappa shape index (κ2) is 12.0. The summed E-state index contributed by atoms with van der Waals surface area (Å²) in [5.74, 6) is 0.253. The Kier molecular flexibility index (Phi) is 7.92.